The van der Waals surface area contributed by atoms with Gasteiger partial charge in [-0.3, -0.25) is 9.59 Å². The zero-order valence-electron chi connectivity index (χ0n) is 25.0. The Balaban J connectivity index is 1.93. The average molecular weight is 569 g/mol. The molecule has 0 aliphatic heterocycles. The van der Waals surface area contributed by atoms with E-state index >= 15 is 0 Å². The average Bonchev–Trinajstić information content (AvgIpc) is 2.94. The molecule has 8 heteroatoms. The second-order valence-corrected chi connectivity index (χ2v) is 10.2. The number of carbonyl (C=O) groups excluding carboxylic acids is 2. The first-order chi connectivity index (χ1) is 19.8. The summed E-state index contributed by atoms with van der Waals surface area (Å²) in [6.07, 6.45) is 2.83. The number of hydrogen-bond donors (Lipinski definition) is 0. The van der Waals surface area contributed by atoms with Crippen LogP contribution in [0.2, 0.25) is 0 Å². The smallest absolute Gasteiger partial charge is 0.303 e. The van der Waals surface area contributed by atoms with Gasteiger partial charge in [0, 0.05) is 48.6 Å². The molecular weight excluding hydrogens is 524 g/mol. The zero-order valence-corrected chi connectivity index (χ0v) is 25.0. The predicted octanol–water partition coefficient (Wildman–Crippen LogP) is 6.56. The minimum absolute atomic E-state index is 0.141. The molecule has 41 heavy (non-hydrogen) atoms. The summed E-state index contributed by atoms with van der Waals surface area (Å²) in [5.74, 6) is 0.589. The van der Waals surface area contributed by atoms with Gasteiger partial charge in [-0.2, -0.15) is 0 Å². The topological polar surface area (TPSA) is 89.5 Å². The van der Waals surface area contributed by atoms with E-state index in [4.69, 9.17) is 28.4 Å². The minimum atomic E-state index is -0.545. The van der Waals surface area contributed by atoms with Gasteiger partial charge < -0.3 is 28.4 Å². The lowest BCUT2D eigenvalue weighted by Crippen LogP contribution is -2.29. The Hall–Kier alpha value is -3.36. The standard InChI is InChI=1S/C33H44O8/c1-6-8-16-36-19-26(40-24(4)34)21-38-32-28-12-10-11-13-29(28)33(31-18-23(3)14-15-30(31)32)39-22-27(41-25(5)35)20-37-17-9-7-2/h10-15,18,26-27H,6-9,16-17,19-22H2,1-5H3. The van der Waals surface area contributed by atoms with E-state index < -0.39 is 12.2 Å². The van der Waals surface area contributed by atoms with Crippen LogP contribution >= 0.6 is 0 Å². The molecule has 0 radical (unpaired) electrons. The van der Waals surface area contributed by atoms with Crippen LogP contribution in [-0.2, 0) is 28.5 Å². The molecule has 0 amide bonds. The number of unbranched alkanes of at least 4 members (excludes halogenated alkanes) is 2. The Kier molecular flexibility index (Phi) is 13.2. The maximum Gasteiger partial charge on any atom is 0.303 e. The summed E-state index contributed by atoms with van der Waals surface area (Å²) in [6, 6.07) is 13.9. The van der Waals surface area contributed by atoms with Gasteiger partial charge in [-0.05, 0) is 25.8 Å². The summed E-state index contributed by atoms with van der Waals surface area (Å²) in [6.45, 7) is 11.0. The van der Waals surface area contributed by atoms with E-state index in [0.29, 0.717) is 24.7 Å². The SMILES string of the molecule is CCCCOCC(COc1c2ccccc2c(OCC(COCCCC)OC(C)=O)c2cc(C)ccc12)OC(C)=O. The summed E-state index contributed by atoms with van der Waals surface area (Å²) in [7, 11) is 0. The van der Waals surface area contributed by atoms with Gasteiger partial charge in [0.15, 0.2) is 12.2 Å². The van der Waals surface area contributed by atoms with E-state index in [1.807, 2.05) is 43.3 Å². The van der Waals surface area contributed by atoms with Crippen molar-refractivity contribution in [2.24, 2.45) is 0 Å². The van der Waals surface area contributed by atoms with E-state index in [9.17, 15) is 9.59 Å². The van der Waals surface area contributed by atoms with Crippen molar-refractivity contribution in [2.75, 3.05) is 39.6 Å². The van der Waals surface area contributed by atoms with E-state index in [-0.39, 0.29) is 38.4 Å². The Morgan fingerprint density at radius 1 is 0.659 bits per heavy atom. The number of benzene rings is 3. The highest BCUT2D eigenvalue weighted by Gasteiger charge is 2.21. The molecule has 224 valence electrons. The molecule has 0 heterocycles. The van der Waals surface area contributed by atoms with Crippen molar-refractivity contribution in [3.8, 4) is 11.5 Å². The summed E-state index contributed by atoms with van der Waals surface area (Å²) in [5.41, 5.74) is 1.06. The van der Waals surface area contributed by atoms with Crippen molar-refractivity contribution < 1.29 is 38.0 Å². The van der Waals surface area contributed by atoms with Crippen LogP contribution in [0.25, 0.3) is 21.5 Å². The first kappa shape index (κ1) is 32.2. The van der Waals surface area contributed by atoms with Crippen LogP contribution in [0.4, 0.5) is 0 Å². The van der Waals surface area contributed by atoms with Gasteiger partial charge in [0.1, 0.15) is 24.7 Å². The molecule has 2 atom stereocenters. The zero-order chi connectivity index (χ0) is 29.6. The van der Waals surface area contributed by atoms with Crippen LogP contribution in [0.1, 0.15) is 58.9 Å². The number of esters is 2. The Morgan fingerprint density at radius 3 is 1.59 bits per heavy atom. The van der Waals surface area contributed by atoms with Crippen molar-refractivity contribution in [1.82, 2.24) is 0 Å². The van der Waals surface area contributed by atoms with Crippen molar-refractivity contribution in [3.63, 3.8) is 0 Å². The van der Waals surface area contributed by atoms with Crippen molar-refractivity contribution in [1.29, 1.82) is 0 Å². The van der Waals surface area contributed by atoms with Crippen LogP contribution in [0.5, 0.6) is 11.5 Å². The first-order valence-corrected chi connectivity index (χ1v) is 14.5. The highest BCUT2D eigenvalue weighted by atomic mass is 16.6. The monoisotopic (exact) mass is 568 g/mol. The van der Waals surface area contributed by atoms with Crippen LogP contribution in [0.15, 0.2) is 42.5 Å². The lowest BCUT2D eigenvalue weighted by Gasteiger charge is -2.23. The molecule has 3 aromatic carbocycles. The van der Waals surface area contributed by atoms with Gasteiger partial charge >= 0.3 is 11.9 Å². The van der Waals surface area contributed by atoms with E-state index in [1.54, 1.807) is 0 Å². The van der Waals surface area contributed by atoms with Crippen LogP contribution < -0.4 is 9.47 Å². The molecule has 3 rings (SSSR count). The molecule has 0 aromatic heterocycles. The third-order valence-electron chi connectivity index (χ3n) is 6.46. The van der Waals surface area contributed by atoms with Crippen molar-refractivity contribution in [2.45, 2.75) is 72.5 Å². The van der Waals surface area contributed by atoms with Gasteiger partial charge in [-0.1, -0.05) is 68.7 Å². The molecule has 0 saturated carbocycles. The highest BCUT2D eigenvalue weighted by Crippen LogP contribution is 2.43. The number of aryl methyl sites for hydroxylation is 1. The molecule has 0 spiro atoms. The van der Waals surface area contributed by atoms with Crippen LogP contribution in [0.3, 0.4) is 0 Å². The summed E-state index contributed by atoms with van der Waals surface area (Å²) < 4.78 is 35.3. The Morgan fingerprint density at radius 2 is 1.12 bits per heavy atom. The molecule has 8 nitrogen and oxygen atoms in total. The largest absolute Gasteiger partial charge is 0.488 e. The van der Waals surface area contributed by atoms with Gasteiger partial charge in [0.05, 0.1) is 13.2 Å². The number of rotatable bonds is 18. The fourth-order valence-corrected chi connectivity index (χ4v) is 4.50. The Bertz CT molecular complexity index is 1270. The number of ether oxygens (including phenoxy) is 6. The second kappa shape index (κ2) is 16.8. The Labute approximate surface area is 243 Å². The van der Waals surface area contributed by atoms with Crippen molar-refractivity contribution >= 4 is 33.5 Å². The lowest BCUT2D eigenvalue weighted by atomic mass is 9.99. The van der Waals surface area contributed by atoms with Crippen LogP contribution in [0, 0.1) is 6.92 Å². The number of carbonyl (C=O) groups is 2. The third kappa shape index (κ3) is 9.90. The molecule has 0 N–H and O–H groups in total. The minimum Gasteiger partial charge on any atom is -0.488 e. The molecular formula is C33H44O8. The van der Waals surface area contributed by atoms with E-state index in [2.05, 4.69) is 19.9 Å². The van der Waals surface area contributed by atoms with Crippen molar-refractivity contribution in [3.05, 3.63) is 48.0 Å². The molecule has 2 unspecified atom stereocenters. The molecule has 3 aromatic rings. The maximum absolute atomic E-state index is 11.8. The van der Waals surface area contributed by atoms with Gasteiger partial charge in [0.25, 0.3) is 0 Å². The first-order valence-electron chi connectivity index (χ1n) is 14.5. The molecule has 0 bridgehead atoms. The molecule has 0 aliphatic rings. The number of hydrogen-bond acceptors (Lipinski definition) is 8. The number of fused-ring (bicyclic) bond motifs is 2. The van der Waals surface area contributed by atoms with Gasteiger partial charge in [-0.25, -0.2) is 0 Å². The molecule has 0 fully saturated rings. The fraction of sp³-hybridized carbons (Fsp3) is 0.515. The quantitative estimate of drug-likeness (QED) is 0.0969. The highest BCUT2D eigenvalue weighted by molar-refractivity contribution is 6.11. The summed E-state index contributed by atoms with van der Waals surface area (Å²) in [4.78, 5) is 23.5. The third-order valence-corrected chi connectivity index (χ3v) is 6.46. The molecule has 0 aliphatic carbocycles. The predicted molar refractivity (Wildman–Crippen MR) is 160 cm³/mol. The van der Waals surface area contributed by atoms with Gasteiger partial charge in [-0.15, -0.1) is 0 Å². The molecule has 0 saturated heterocycles. The van der Waals surface area contributed by atoms with Gasteiger partial charge in [0.2, 0.25) is 0 Å². The van der Waals surface area contributed by atoms with E-state index in [0.717, 1.165) is 52.8 Å². The lowest BCUT2D eigenvalue weighted by molar-refractivity contribution is -0.152. The maximum atomic E-state index is 11.8. The normalized spacial score (nSPS) is 12.7. The fourth-order valence-electron chi connectivity index (χ4n) is 4.50. The summed E-state index contributed by atoms with van der Waals surface area (Å²) in [5, 5.41) is 3.45. The summed E-state index contributed by atoms with van der Waals surface area (Å²) >= 11 is 0. The van der Waals surface area contributed by atoms with E-state index in [1.165, 1.54) is 13.8 Å². The second-order valence-electron chi connectivity index (χ2n) is 10.2. The van der Waals surface area contributed by atoms with Crippen LogP contribution in [-0.4, -0.2) is 63.8 Å².